The molecule has 3 rings (SSSR count). The number of nitrogens with zero attached hydrogens (tertiary/aromatic N) is 1. The molecule has 4 nitrogen and oxygen atoms in total. The number of nitrogens with two attached hydrogens (primary N) is 1. The molecule has 1 saturated carbocycles. The Morgan fingerprint density at radius 1 is 1.39 bits per heavy atom. The van der Waals surface area contributed by atoms with Gasteiger partial charge in [0.1, 0.15) is 5.52 Å². The molecule has 0 bridgehead atoms. The average Bonchev–Trinajstić information content (AvgIpc) is 2.79. The predicted molar refractivity (Wildman–Crippen MR) is 71.3 cm³/mol. The van der Waals surface area contributed by atoms with E-state index in [0.29, 0.717) is 6.04 Å². The molecule has 2 aromatic rings. The summed E-state index contributed by atoms with van der Waals surface area (Å²) in [7, 11) is 0. The summed E-state index contributed by atoms with van der Waals surface area (Å²) in [6, 6.07) is 6.65. The molecular weight excluding hydrogens is 226 g/mol. The summed E-state index contributed by atoms with van der Waals surface area (Å²) in [5.41, 5.74) is 8.85. The van der Waals surface area contributed by atoms with Crippen LogP contribution in [0.5, 0.6) is 0 Å². The van der Waals surface area contributed by atoms with Gasteiger partial charge in [0, 0.05) is 6.04 Å². The fraction of sp³-hybridized carbons (Fsp3) is 0.500. The third-order valence-electron chi connectivity index (χ3n) is 3.69. The molecule has 1 aliphatic rings. The van der Waals surface area contributed by atoms with E-state index in [-0.39, 0.29) is 0 Å². The first-order valence-corrected chi connectivity index (χ1v) is 6.59. The smallest absolute Gasteiger partial charge is 0.181 e. The van der Waals surface area contributed by atoms with E-state index in [0.717, 1.165) is 36.5 Å². The van der Waals surface area contributed by atoms with Gasteiger partial charge in [-0.3, -0.25) is 0 Å². The molecule has 0 unspecified atom stereocenters. The van der Waals surface area contributed by atoms with Crippen LogP contribution in [-0.4, -0.2) is 24.1 Å². The summed E-state index contributed by atoms with van der Waals surface area (Å²) in [5.74, 6) is 0.789. The van der Waals surface area contributed by atoms with E-state index < -0.39 is 0 Å². The van der Waals surface area contributed by atoms with Crippen LogP contribution in [0.2, 0.25) is 0 Å². The van der Waals surface area contributed by atoms with Crippen molar-refractivity contribution in [3.05, 3.63) is 30.2 Å². The molecular formula is C14H19N3O. The van der Waals surface area contributed by atoms with Gasteiger partial charge in [-0.2, -0.15) is 0 Å². The molecule has 0 spiro atoms. The van der Waals surface area contributed by atoms with Crippen LogP contribution < -0.4 is 11.1 Å². The van der Waals surface area contributed by atoms with Gasteiger partial charge >= 0.3 is 0 Å². The summed E-state index contributed by atoms with van der Waals surface area (Å²) in [5, 5.41) is 3.50. The molecule has 0 aliphatic heterocycles. The SMILES string of the molecule is NC1CC(CNCCc2ccc3ncoc3c2)C1. The molecule has 1 heterocycles. The second-order valence-electron chi connectivity index (χ2n) is 5.21. The normalized spacial score (nSPS) is 23.2. The van der Waals surface area contributed by atoms with Gasteiger partial charge in [-0.1, -0.05) is 6.07 Å². The number of nitrogens with one attached hydrogen (secondary N) is 1. The maximum Gasteiger partial charge on any atom is 0.181 e. The largest absolute Gasteiger partial charge is 0.443 e. The van der Waals surface area contributed by atoms with Crippen molar-refractivity contribution in [2.45, 2.75) is 25.3 Å². The van der Waals surface area contributed by atoms with Gasteiger partial charge in [0.25, 0.3) is 0 Å². The molecule has 0 atom stereocenters. The molecule has 0 saturated heterocycles. The fourth-order valence-electron chi connectivity index (χ4n) is 2.55. The molecule has 3 N–H and O–H groups in total. The van der Waals surface area contributed by atoms with Gasteiger partial charge in [-0.05, 0) is 56.0 Å². The molecule has 1 aromatic heterocycles. The Balaban J connectivity index is 1.44. The zero-order valence-electron chi connectivity index (χ0n) is 10.4. The van der Waals surface area contributed by atoms with Crippen LogP contribution in [0, 0.1) is 5.92 Å². The highest BCUT2D eigenvalue weighted by atomic mass is 16.3. The lowest BCUT2D eigenvalue weighted by Gasteiger charge is -2.32. The van der Waals surface area contributed by atoms with Crippen molar-refractivity contribution < 1.29 is 4.42 Å². The number of oxazole rings is 1. The number of hydrogen-bond donors (Lipinski definition) is 2. The highest BCUT2D eigenvalue weighted by molar-refractivity contribution is 5.72. The van der Waals surface area contributed by atoms with Gasteiger partial charge in [0.2, 0.25) is 0 Å². The highest BCUT2D eigenvalue weighted by Crippen LogP contribution is 2.24. The van der Waals surface area contributed by atoms with Crippen molar-refractivity contribution in [1.82, 2.24) is 10.3 Å². The molecule has 1 aromatic carbocycles. The Kier molecular flexibility index (Phi) is 3.30. The number of hydrogen-bond acceptors (Lipinski definition) is 4. The van der Waals surface area contributed by atoms with E-state index in [9.17, 15) is 0 Å². The van der Waals surface area contributed by atoms with Crippen LogP contribution in [0.15, 0.2) is 29.0 Å². The fourth-order valence-corrected chi connectivity index (χ4v) is 2.55. The minimum absolute atomic E-state index is 0.450. The van der Waals surface area contributed by atoms with E-state index in [2.05, 4.69) is 22.4 Å². The minimum atomic E-state index is 0.450. The van der Waals surface area contributed by atoms with E-state index in [4.69, 9.17) is 10.2 Å². The van der Waals surface area contributed by atoms with Gasteiger partial charge in [0.05, 0.1) is 0 Å². The molecule has 4 heteroatoms. The average molecular weight is 245 g/mol. The standard InChI is InChI=1S/C14H19N3O/c15-12-5-11(6-12)8-16-4-3-10-1-2-13-14(7-10)18-9-17-13/h1-2,7,9,11-12,16H,3-6,8,15H2. The van der Waals surface area contributed by atoms with Crippen molar-refractivity contribution >= 4 is 11.1 Å². The lowest BCUT2D eigenvalue weighted by molar-refractivity contribution is 0.257. The van der Waals surface area contributed by atoms with Crippen LogP contribution in [-0.2, 0) is 6.42 Å². The van der Waals surface area contributed by atoms with Gasteiger partial charge in [0.15, 0.2) is 12.0 Å². The topological polar surface area (TPSA) is 64.1 Å². The zero-order valence-corrected chi connectivity index (χ0v) is 10.4. The first kappa shape index (κ1) is 11.7. The molecule has 1 fully saturated rings. The summed E-state index contributed by atoms with van der Waals surface area (Å²) in [4.78, 5) is 4.11. The first-order chi connectivity index (χ1) is 8.81. The summed E-state index contributed by atoms with van der Waals surface area (Å²) >= 11 is 0. The summed E-state index contributed by atoms with van der Waals surface area (Å²) < 4.78 is 5.30. The number of rotatable bonds is 5. The van der Waals surface area contributed by atoms with Crippen molar-refractivity contribution in [3.63, 3.8) is 0 Å². The Morgan fingerprint density at radius 2 is 2.28 bits per heavy atom. The number of aromatic nitrogens is 1. The Bertz CT molecular complexity index is 516. The van der Waals surface area contributed by atoms with Gasteiger partial charge in [-0.25, -0.2) is 4.98 Å². The van der Waals surface area contributed by atoms with Crippen LogP contribution in [0.1, 0.15) is 18.4 Å². The second-order valence-corrected chi connectivity index (χ2v) is 5.21. The quantitative estimate of drug-likeness (QED) is 0.787. The van der Waals surface area contributed by atoms with Crippen molar-refractivity contribution in [2.24, 2.45) is 11.7 Å². The summed E-state index contributed by atoms with van der Waals surface area (Å²) in [6.07, 6.45) is 4.87. The second kappa shape index (κ2) is 5.08. The van der Waals surface area contributed by atoms with Crippen molar-refractivity contribution in [3.8, 4) is 0 Å². The van der Waals surface area contributed by atoms with Crippen LogP contribution in [0.4, 0.5) is 0 Å². The lowest BCUT2D eigenvalue weighted by atomic mass is 9.81. The molecule has 0 radical (unpaired) electrons. The Labute approximate surface area is 107 Å². The third-order valence-corrected chi connectivity index (χ3v) is 3.69. The predicted octanol–water partition coefficient (Wildman–Crippen LogP) is 1.70. The van der Waals surface area contributed by atoms with Gasteiger partial charge < -0.3 is 15.5 Å². The summed E-state index contributed by atoms with van der Waals surface area (Å²) in [6.45, 7) is 2.10. The third kappa shape index (κ3) is 2.54. The zero-order chi connectivity index (χ0) is 12.4. The van der Waals surface area contributed by atoms with Gasteiger partial charge in [-0.15, -0.1) is 0 Å². The van der Waals surface area contributed by atoms with E-state index in [1.165, 1.54) is 24.8 Å². The molecule has 1 aliphatic carbocycles. The molecule has 96 valence electrons. The first-order valence-electron chi connectivity index (χ1n) is 6.59. The Hall–Kier alpha value is -1.39. The van der Waals surface area contributed by atoms with E-state index in [1.54, 1.807) is 0 Å². The lowest BCUT2D eigenvalue weighted by Crippen LogP contribution is -2.41. The van der Waals surface area contributed by atoms with E-state index in [1.807, 2.05) is 6.07 Å². The van der Waals surface area contributed by atoms with Crippen LogP contribution in [0.3, 0.4) is 0 Å². The Morgan fingerprint density at radius 3 is 3.11 bits per heavy atom. The van der Waals surface area contributed by atoms with Crippen LogP contribution in [0.25, 0.3) is 11.1 Å². The maximum absolute atomic E-state index is 5.76. The molecule has 18 heavy (non-hydrogen) atoms. The highest BCUT2D eigenvalue weighted by Gasteiger charge is 2.24. The number of benzene rings is 1. The maximum atomic E-state index is 5.76. The monoisotopic (exact) mass is 245 g/mol. The molecule has 0 amide bonds. The van der Waals surface area contributed by atoms with Crippen molar-refractivity contribution in [1.29, 1.82) is 0 Å². The van der Waals surface area contributed by atoms with Crippen LogP contribution >= 0.6 is 0 Å². The van der Waals surface area contributed by atoms with E-state index >= 15 is 0 Å². The minimum Gasteiger partial charge on any atom is -0.443 e. The number of fused-ring (bicyclic) bond motifs is 1. The van der Waals surface area contributed by atoms with Crippen molar-refractivity contribution in [2.75, 3.05) is 13.1 Å².